The van der Waals surface area contributed by atoms with Gasteiger partial charge in [-0.25, -0.2) is 4.68 Å². The van der Waals surface area contributed by atoms with Gasteiger partial charge in [0.1, 0.15) is 5.69 Å². The summed E-state index contributed by atoms with van der Waals surface area (Å²) in [6.07, 6.45) is 1.44. The van der Waals surface area contributed by atoms with E-state index in [0.29, 0.717) is 22.8 Å². The van der Waals surface area contributed by atoms with Crippen LogP contribution in [0.3, 0.4) is 0 Å². The highest BCUT2D eigenvalue weighted by Gasteiger charge is 2.15. The van der Waals surface area contributed by atoms with Gasteiger partial charge in [-0.05, 0) is 30.3 Å². The van der Waals surface area contributed by atoms with Crippen LogP contribution in [0.2, 0.25) is 0 Å². The zero-order chi connectivity index (χ0) is 17.1. The number of rotatable bonds is 5. The molecule has 24 heavy (non-hydrogen) atoms. The van der Waals surface area contributed by atoms with Gasteiger partial charge in [-0.2, -0.15) is 5.10 Å². The van der Waals surface area contributed by atoms with E-state index < -0.39 is 5.97 Å². The molecule has 6 heteroatoms. The van der Waals surface area contributed by atoms with E-state index >= 15 is 0 Å². The smallest absolute Gasteiger partial charge is 0.161 e. The van der Waals surface area contributed by atoms with Gasteiger partial charge in [0.05, 0.1) is 25.9 Å². The molecule has 1 aromatic heterocycles. The van der Waals surface area contributed by atoms with Crippen LogP contribution in [0.15, 0.2) is 54.7 Å². The fourth-order valence-corrected chi connectivity index (χ4v) is 2.43. The van der Waals surface area contributed by atoms with Gasteiger partial charge in [0.15, 0.2) is 11.5 Å². The molecule has 0 atom stereocenters. The Bertz CT molecular complexity index is 872. The largest absolute Gasteiger partial charge is 0.545 e. The van der Waals surface area contributed by atoms with Crippen molar-refractivity contribution in [3.8, 4) is 28.4 Å². The third kappa shape index (κ3) is 2.81. The van der Waals surface area contributed by atoms with E-state index in [9.17, 15) is 9.90 Å². The molecule has 0 N–H and O–H groups in total. The number of carbonyl (C=O) groups is 1. The molecular formula is C18H15N2O4-. The highest BCUT2D eigenvalue weighted by molar-refractivity contribution is 5.93. The molecule has 0 aliphatic heterocycles. The molecule has 0 aliphatic rings. The van der Waals surface area contributed by atoms with Crippen molar-refractivity contribution in [3.63, 3.8) is 0 Å². The van der Waals surface area contributed by atoms with E-state index in [1.165, 1.54) is 25.1 Å². The van der Waals surface area contributed by atoms with E-state index in [2.05, 4.69) is 5.10 Å². The number of aromatic carboxylic acids is 1. The van der Waals surface area contributed by atoms with Gasteiger partial charge in [-0.3, -0.25) is 0 Å². The molecule has 0 spiro atoms. The molecule has 1 heterocycles. The molecule has 122 valence electrons. The Morgan fingerprint density at radius 1 is 1.04 bits per heavy atom. The van der Waals surface area contributed by atoms with Crippen LogP contribution in [0.25, 0.3) is 16.9 Å². The Morgan fingerprint density at radius 3 is 2.38 bits per heavy atom. The first-order chi connectivity index (χ1) is 11.6. The summed E-state index contributed by atoms with van der Waals surface area (Å²) in [6, 6.07) is 14.4. The molecule has 3 aromatic rings. The van der Waals surface area contributed by atoms with Crippen LogP contribution >= 0.6 is 0 Å². The van der Waals surface area contributed by atoms with Crippen molar-refractivity contribution < 1.29 is 19.4 Å². The summed E-state index contributed by atoms with van der Waals surface area (Å²) in [5.41, 5.74) is 1.67. The topological polar surface area (TPSA) is 76.4 Å². The summed E-state index contributed by atoms with van der Waals surface area (Å²) in [4.78, 5) is 11.5. The van der Waals surface area contributed by atoms with Gasteiger partial charge in [0.2, 0.25) is 0 Å². The number of hydrogen-bond acceptors (Lipinski definition) is 5. The second kappa shape index (κ2) is 6.45. The third-order valence-electron chi connectivity index (χ3n) is 3.61. The Kier molecular flexibility index (Phi) is 4.20. The molecule has 0 fully saturated rings. The van der Waals surface area contributed by atoms with Crippen molar-refractivity contribution in [2.45, 2.75) is 0 Å². The minimum Gasteiger partial charge on any atom is -0.545 e. The lowest BCUT2D eigenvalue weighted by molar-refractivity contribution is -0.254. The molecule has 0 amide bonds. The number of carboxylic acid groups (broad SMARTS) is 1. The zero-order valence-electron chi connectivity index (χ0n) is 13.2. The van der Waals surface area contributed by atoms with E-state index in [-0.39, 0.29) is 5.56 Å². The van der Waals surface area contributed by atoms with Crippen molar-refractivity contribution in [2.75, 3.05) is 14.2 Å². The Hall–Kier alpha value is -3.28. The van der Waals surface area contributed by atoms with Gasteiger partial charge in [-0.1, -0.05) is 18.2 Å². The number of para-hydroxylation sites is 1. The van der Waals surface area contributed by atoms with Gasteiger partial charge >= 0.3 is 0 Å². The van der Waals surface area contributed by atoms with Crippen LogP contribution in [0.5, 0.6) is 11.5 Å². The number of ether oxygens (including phenoxy) is 2. The molecular weight excluding hydrogens is 308 g/mol. The van der Waals surface area contributed by atoms with Crippen LogP contribution in [0.1, 0.15) is 10.4 Å². The molecule has 6 nitrogen and oxygen atoms in total. The first-order valence-corrected chi connectivity index (χ1v) is 7.23. The summed E-state index contributed by atoms with van der Waals surface area (Å²) in [6.45, 7) is 0. The number of aromatic nitrogens is 2. The lowest BCUT2D eigenvalue weighted by Gasteiger charge is -2.09. The molecule has 0 saturated carbocycles. The predicted octanol–water partition coefficient (Wildman–Crippen LogP) is 1.92. The van der Waals surface area contributed by atoms with Gasteiger partial charge < -0.3 is 19.4 Å². The maximum atomic E-state index is 11.5. The van der Waals surface area contributed by atoms with E-state index in [1.807, 2.05) is 30.3 Å². The average Bonchev–Trinajstić information content (AvgIpc) is 3.07. The number of benzene rings is 2. The number of hydrogen-bond donors (Lipinski definition) is 0. The molecule has 3 rings (SSSR count). The Morgan fingerprint density at radius 2 is 1.75 bits per heavy atom. The Labute approximate surface area is 138 Å². The second-order valence-electron chi connectivity index (χ2n) is 5.03. The van der Waals surface area contributed by atoms with Gasteiger partial charge in [0.25, 0.3) is 0 Å². The van der Waals surface area contributed by atoms with Crippen LogP contribution in [0, 0.1) is 0 Å². The molecule has 0 bridgehead atoms. The van der Waals surface area contributed by atoms with Gasteiger partial charge in [-0.15, -0.1) is 0 Å². The zero-order valence-corrected chi connectivity index (χ0v) is 13.2. The summed E-state index contributed by atoms with van der Waals surface area (Å²) in [5.74, 6) is -0.241. The average molecular weight is 323 g/mol. The summed E-state index contributed by atoms with van der Waals surface area (Å²) in [7, 11) is 3.05. The van der Waals surface area contributed by atoms with Crippen molar-refractivity contribution in [1.82, 2.24) is 9.78 Å². The fourth-order valence-electron chi connectivity index (χ4n) is 2.43. The molecule has 0 radical (unpaired) electrons. The van der Waals surface area contributed by atoms with Crippen molar-refractivity contribution in [1.29, 1.82) is 0 Å². The van der Waals surface area contributed by atoms with Crippen molar-refractivity contribution >= 4 is 5.97 Å². The number of methoxy groups -OCH3 is 2. The lowest BCUT2D eigenvalue weighted by Crippen LogP contribution is -2.22. The Balaban J connectivity index is 2.13. The monoisotopic (exact) mass is 323 g/mol. The molecule has 2 aromatic carbocycles. The summed E-state index contributed by atoms with van der Waals surface area (Å²) in [5, 5.41) is 15.9. The second-order valence-corrected chi connectivity index (χ2v) is 5.03. The SMILES string of the molecule is COc1ccc(-c2nn(-c3ccccc3)cc2C(=O)[O-])cc1OC. The summed E-state index contributed by atoms with van der Waals surface area (Å²) < 4.78 is 12.0. The predicted molar refractivity (Wildman–Crippen MR) is 86.4 cm³/mol. The molecule has 0 aliphatic carbocycles. The van der Waals surface area contributed by atoms with E-state index in [1.54, 1.807) is 18.2 Å². The van der Waals surface area contributed by atoms with Crippen LogP contribution < -0.4 is 14.6 Å². The van der Waals surface area contributed by atoms with Crippen molar-refractivity contribution in [2.24, 2.45) is 0 Å². The minimum absolute atomic E-state index is 0.00562. The lowest BCUT2D eigenvalue weighted by atomic mass is 10.1. The third-order valence-corrected chi connectivity index (χ3v) is 3.61. The first-order valence-electron chi connectivity index (χ1n) is 7.23. The van der Waals surface area contributed by atoms with E-state index in [4.69, 9.17) is 9.47 Å². The first kappa shape index (κ1) is 15.6. The molecule has 0 unspecified atom stereocenters. The summed E-state index contributed by atoms with van der Waals surface area (Å²) >= 11 is 0. The van der Waals surface area contributed by atoms with E-state index in [0.717, 1.165) is 5.69 Å². The van der Waals surface area contributed by atoms with Gasteiger partial charge in [0, 0.05) is 17.3 Å². The maximum absolute atomic E-state index is 11.5. The fraction of sp³-hybridized carbons (Fsp3) is 0.111. The highest BCUT2D eigenvalue weighted by atomic mass is 16.5. The normalized spacial score (nSPS) is 10.4. The number of carbonyl (C=O) groups excluding carboxylic acids is 1. The maximum Gasteiger partial charge on any atom is 0.161 e. The standard InChI is InChI=1S/C18H16N2O4/c1-23-15-9-8-12(10-16(15)24-2)17-14(18(21)22)11-20(19-17)13-6-4-3-5-7-13/h3-11H,1-2H3,(H,21,22)/p-1. The minimum atomic E-state index is -1.29. The van der Waals surface area contributed by atoms with Crippen molar-refractivity contribution in [3.05, 3.63) is 60.3 Å². The quantitative estimate of drug-likeness (QED) is 0.717. The van der Waals surface area contributed by atoms with Crippen LogP contribution in [0.4, 0.5) is 0 Å². The molecule has 0 saturated heterocycles. The highest BCUT2D eigenvalue weighted by Crippen LogP contribution is 2.33. The van der Waals surface area contributed by atoms with Crippen LogP contribution in [-0.2, 0) is 0 Å². The number of nitrogens with zero attached hydrogens (tertiary/aromatic N) is 2. The van der Waals surface area contributed by atoms with Crippen LogP contribution in [-0.4, -0.2) is 30.0 Å². The number of carboxylic acids is 1.